The van der Waals surface area contributed by atoms with Crippen LogP contribution in [0.1, 0.15) is 20.3 Å². The maximum absolute atomic E-state index is 9.27. The van der Waals surface area contributed by atoms with E-state index in [-0.39, 0.29) is 18.7 Å². The molecule has 4 nitrogen and oxygen atoms in total. The fraction of sp³-hybridized carbons (Fsp3) is 1.00. The Morgan fingerprint density at radius 1 is 1.27 bits per heavy atom. The number of nitrogens with zero attached hydrogens (tertiary/aromatic N) is 2. The van der Waals surface area contributed by atoms with E-state index in [9.17, 15) is 5.11 Å². The van der Waals surface area contributed by atoms with E-state index in [0.29, 0.717) is 0 Å². The van der Waals surface area contributed by atoms with Crippen LogP contribution in [-0.4, -0.2) is 67.3 Å². The maximum Gasteiger partial charge on any atom is 0.0601 e. The van der Waals surface area contributed by atoms with Crippen molar-refractivity contribution < 1.29 is 5.11 Å². The molecular weight excluding hydrogens is 190 g/mol. The number of hydrogen-bond acceptors (Lipinski definition) is 4. The zero-order valence-corrected chi connectivity index (χ0v) is 10.6. The largest absolute Gasteiger partial charge is 0.395 e. The molecule has 15 heavy (non-hydrogen) atoms. The van der Waals surface area contributed by atoms with Crippen molar-refractivity contribution in [2.75, 3.05) is 40.3 Å². The Kier molecular flexibility index (Phi) is 7.96. The number of aliphatic hydroxyl groups excluding tert-OH is 1. The van der Waals surface area contributed by atoms with Gasteiger partial charge in [0.05, 0.1) is 6.61 Å². The molecule has 4 heteroatoms. The van der Waals surface area contributed by atoms with Crippen LogP contribution in [0.15, 0.2) is 0 Å². The Morgan fingerprint density at radius 2 is 1.87 bits per heavy atom. The average molecular weight is 217 g/mol. The van der Waals surface area contributed by atoms with Crippen LogP contribution < -0.4 is 5.73 Å². The van der Waals surface area contributed by atoms with Crippen LogP contribution in [0.2, 0.25) is 0 Å². The van der Waals surface area contributed by atoms with Gasteiger partial charge in [0.2, 0.25) is 0 Å². The second-order valence-electron chi connectivity index (χ2n) is 4.39. The fourth-order valence-electron chi connectivity index (χ4n) is 1.76. The van der Waals surface area contributed by atoms with Crippen LogP contribution in [-0.2, 0) is 0 Å². The minimum atomic E-state index is 0.0225. The third-order valence-corrected chi connectivity index (χ3v) is 2.72. The van der Waals surface area contributed by atoms with E-state index in [1.165, 1.54) is 0 Å². The molecule has 0 aliphatic heterocycles. The van der Waals surface area contributed by atoms with Gasteiger partial charge in [-0.3, -0.25) is 4.90 Å². The first kappa shape index (κ1) is 14.8. The highest BCUT2D eigenvalue weighted by Crippen LogP contribution is 2.04. The summed E-state index contributed by atoms with van der Waals surface area (Å²) in [5.74, 6) is 0. The van der Waals surface area contributed by atoms with Gasteiger partial charge >= 0.3 is 0 Å². The molecule has 0 rings (SSSR count). The standard InChI is InChI=1S/C11H27N3O/c1-5-14(8-6-7-13(3)4)11(9-15)10(2)12/h10-11,15H,5-9,12H2,1-4H3. The van der Waals surface area contributed by atoms with Crippen LogP contribution in [0.25, 0.3) is 0 Å². The van der Waals surface area contributed by atoms with Gasteiger partial charge in [0.15, 0.2) is 0 Å². The molecule has 0 heterocycles. The third-order valence-electron chi connectivity index (χ3n) is 2.72. The minimum Gasteiger partial charge on any atom is -0.395 e. The van der Waals surface area contributed by atoms with Gasteiger partial charge in [0.1, 0.15) is 0 Å². The molecule has 0 bridgehead atoms. The van der Waals surface area contributed by atoms with E-state index in [2.05, 4.69) is 30.8 Å². The van der Waals surface area contributed by atoms with Crippen LogP contribution in [0.5, 0.6) is 0 Å². The molecule has 0 saturated heterocycles. The van der Waals surface area contributed by atoms with E-state index in [0.717, 1.165) is 26.1 Å². The Bertz CT molecular complexity index is 151. The van der Waals surface area contributed by atoms with Crippen molar-refractivity contribution in [3.8, 4) is 0 Å². The second kappa shape index (κ2) is 8.05. The van der Waals surface area contributed by atoms with Crippen LogP contribution in [0.3, 0.4) is 0 Å². The van der Waals surface area contributed by atoms with Gasteiger partial charge in [-0.15, -0.1) is 0 Å². The van der Waals surface area contributed by atoms with Crippen molar-refractivity contribution >= 4 is 0 Å². The van der Waals surface area contributed by atoms with E-state index in [1.807, 2.05) is 6.92 Å². The molecule has 2 atom stereocenters. The predicted molar refractivity (Wildman–Crippen MR) is 64.9 cm³/mol. The molecule has 0 aromatic rings. The molecule has 0 radical (unpaired) electrons. The number of hydrogen-bond donors (Lipinski definition) is 2. The molecule has 0 spiro atoms. The summed E-state index contributed by atoms with van der Waals surface area (Å²) in [5, 5.41) is 9.27. The minimum absolute atomic E-state index is 0.0225. The van der Waals surface area contributed by atoms with E-state index >= 15 is 0 Å². The first-order valence-corrected chi connectivity index (χ1v) is 5.78. The SMILES string of the molecule is CCN(CCCN(C)C)C(CO)C(C)N. The Hall–Kier alpha value is -0.160. The lowest BCUT2D eigenvalue weighted by atomic mass is 10.1. The van der Waals surface area contributed by atoms with Gasteiger partial charge in [-0.2, -0.15) is 0 Å². The van der Waals surface area contributed by atoms with Crippen molar-refractivity contribution in [3.63, 3.8) is 0 Å². The number of likely N-dealkylation sites (N-methyl/N-ethyl adjacent to an activating group) is 1. The lowest BCUT2D eigenvalue weighted by Crippen LogP contribution is -2.49. The normalized spacial score (nSPS) is 16.0. The van der Waals surface area contributed by atoms with Gasteiger partial charge in [-0.05, 0) is 47.1 Å². The topological polar surface area (TPSA) is 52.7 Å². The number of aliphatic hydroxyl groups is 1. The summed E-state index contributed by atoms with van der Waals surface area (Å²) in [4.78, 5) is 4.43. The zero-order chi connectivity index (χ0) is 11.8. The summed E-state index contributed by atoms with van der Waals surface area (Å²) in [7, 11) is 4.15. The molecule has 92 valence electrons. The molecular formula is C11H27N3O. The maximum atomic E-state index is 9.27. The lowest BCUT2D eigenvalue weighted by Gasteiger charge is -2.32. The molecule has 0 amide bonds. The fourth-order valence-corrected chi connectivity index (χ4v) is 1.76. The summed E-state index contributed by atoms with van der Waals surface area (Å²) >= 11 is 0. The number of nitrogens with two attached hydrogens (primary N) is 1. The summed E-state index contributed by atoms with van der Waals surface area (Å²) in [6.45, 7) is 7.24. The first-order valence-electron chi connectivity index (χ1n) is 5.78. The summed E-state index contributed by atoms with van der Waals surface area (Å²) in [6.07, 6.45) is 1.12. The van der Waals surface area contributed by atoms with Crippen molar-refractivity contribution in [2.45, 2.75) is 32.4 Å². The van der Waals surface area contributed by atoms with Gasteiger partial charge in [0, 0.05) is 12.1 Å². The quantitative estimate of drug-likeness (QED) is 0.599. The monoisotopic (exact) mass is 217 g/mol. The molecule has 0 fully saturated rings. The van der Waals surface area contributed by atoms with E-state index in [1.54, 1.807) is 0 Å². The molecule has 0 aromatic carbocycles. The molecule has 0 aliphatic carbocycles. The van der Waals surface area contributed by atoms with Crippen molar-refractivity contribution in [2.24, 2.45) is 5.73 Å². The van der Waals surface area contributed by atoms with Gasteiger partial charge in [0.25, 0.3) is 0 Å². The van der Waals surface area contributed by atoms with Gasteiger partial charge in [-0.1, -0.05) is 6.92 Å². The second-order valence-corrected chi connectivity index (χ2v) is 4.39. The highest BCUT2D eigenvalue weighted by atomic mass is 16.3. The van der Waals surface area contributed by atoms with Crippen molar-refractivity contribution in [3.05, 3.63) is 0 Å². The molecule has 0 saturated carbocycles. The Morgan fingerprint density at radius 3 is 2.20 bits per heavy atom. The lowest BCUT2D eigenvalue weighted by molar-refractivity contribution is 0.109. The molecule has 0 aromatic heterocycles. The molecule has 3 N–H and O–H groups in total. The Balaban J connectivity index is 3.98. The zero-order valence-electron chi connectivity index (χ0n) is 10.6. The van der Waals surface area contributed by atoms with Crippen LogP contribution in [0.4, 0.5) is 0 Å². The van der Waals surface area contributed by atoms with Crippen molar-refractivity contribution in [1.82, 2.24) is 9.80 Å². The van der Waals surface area contributed by atoms with Gasteiger partial charge in [-0.25, -0.2) is 0 Å². The van der Waals surface area contributed by atoms with E-state index in [4.69, 9.17) is 5.73 Å². The average Bonchev–Trinajstić information content (AvgIpc) is 2.15. The highest BCUT2D eigenvalue weighted by molar-refractivity contribution is 4.78. The smallest absolute Gasteiger partial charge is 0.0601 e. The van der Waals surface area contributed by atoms with E-state index < -0.39 is 0 Å². The third kappa shape index (κ3) is 6.10. The summed E-state index contributed by atoms with van der Waals surface area (Å²) < 4.78 is 0. The summed E-state index contributed by atoms with van der Waals surface area (Å²) in [5.41, 5.74) is 5.84. The Labute approximate surface area is 94.0 Å². The van der Waals surface area contributed by atoms with Crippen LogP contribution >= 0.6 is 0 Å². The van der Waals surface area contributed by atoms with Crippen molar-refractivity contribution in [1.29, 1.82) is 0 Å². The highest BCUT2D eigenvalue weighted by Gasteiger charge is 2.19. The molecule has 0 aliphatic rings. The summed E-state index contributed by atoms with van der Waals surface area (Å²) in [6, 6.07) is 0.117. The number of rotatable bonds is 8. The predicted octanol–water partition coefficient (Wildman–Crippen LogP) is -0.0319. The van der Waals surface area contributed by atoms with Crippen LogP contribution in [0, 0.1) is 0 Å². The molecule has 2 unspecified atom stereocenters. The van der Waals surface area contributed by atoms with Gasteiger partial charge < -0.3 is 15.7 Å². The first-order chi connectivity index (χ1) is 7.02.